The summed E-state index contributed by atoms with van der Waals surface area (Å²) in [7, 11) is 0. The van der Waals surface area contributed by atoms with E-state index in [4.69, 9.17) is 4.74 Å². The summed E-state index contributed by atoms with van der Waals surface area (Å²) < 4.78 is 4.87. The van der Waals surface area contributed by atoms with Crippen molar-refractivity contribution in [3.05, 3.63) is 12.2 Å². The normalized spacial score (nSPS) is 13.5. The first-order chi connectivity index (χ1) is 12.3. The van der Waals surface area contributed by atoms with Crippen LogP contribution >= 0.6 is 0 Å². The lowest BCUT2D eigenvalue weighted by molar-refractivity contribution is -0.138. The lowest BCUT2D eigenvalue weighted by atomic mass is 9.68. The van der Waals surface area contributed by atoms with Crippen LogP contribution in [0.1, 0.15) is 54.9 Å². The Morgan fingerprint density at radius 3 is 1.96 bits per heavy atom. The zero-order valence-corrected chi connectivity index (χ0v) is 18.0. The monoisotopic (exact) mass is 383 g/mol. The first kappa shape index (κ1) is 24.9. The third-order valence-electron chi connectivity index (χ3n) is 4.36. The Morgan fingerprint density at radius 2 is 1.48 bits per heavy atom. The molecule has 0 aromatic carbocycles. The van der Waals surface area contributed by atoms with Crippen LogP contribution in [0, 0.1) is 16.7 Å². The number of carbonyl (C=O) groups excluding carboxylic acids is 3. The molecule has 0 aromatic heterocycles. The van der Waals surface area contributed by atoms with Gasteiger partial charge in [0.2, 0.25) is 5.91 Å². The average molecular weight is 384 g/mol. The van der Waals surface area contributed by atoms with Gasteiger partial charge in [-0.2, -0.15) is 0 Å². The second kappa shape index (κ2) is 10.9. The molecule has 0 aliphatic carbocycles. The zero-order chi connectivity index (χ0) is 21.3. The van der Waals surface area contributed by atoms with Gasteiger partial charge in [-0.05, 0) is 24.7 Å². The number of urea groups is 1. The highest BCUT2D eigenvalue weighted by Gasteiger charge is 2.39. The van der Waals surface area contributed by atoms with Gasteiger partial charge < -0.3 is 20.7 Å². The number of hydrogen-bond donors (Lipinski definition) is 3. The summed E-state index contributed by atoms with van der Waals surface area (Å²) >= 11 is 0. The Hall–Kier alpha value is -2.05. The number of nitrogens with one attached hydrogen (secondary N) is 3. The summed E-state index contributed by atoms with van der Waals surface area (Å²) in [6.45, 7) is 18.4. The van der Waals surface area contributed by atoms with Crippen LogP contribution in [0.25, 0.3) is 0 Å². The van der Waals surface area contributed by atoms with Crippen molar-refractivity contribution in [2.24, 2.45) is 16.7 Å². The highest BCUT2D eigenvalue weighted by Crippen LogP contribution is 2.39. The molecule has 27 heavy (non-hydrogen) atoms. The fraction of sp³-hybridized carbons (Fsp3) is 0.750. The predicted octanol–water partition coefficient (Wildman–Crippen LogP) is 2.62. The van der Waals surface area contributed by atoms with Gasteiger partial charge in [-0.15, -0.1) is 0 Å². The summed E-state index contributed by atoms with van der Waals surface area (Å²) in [5.74, 6) is -0.278. The molecular weight excluding hydrogens is 346 g/mol. The van der Waals surface area contributed by atoms with E-state index in [-0.39, 0.29) is 36.4 Å². The summed E-state index contributed by atoms with van der Waals surface area (Å²) in [4.78, 5) is 35.5. The molecule has 0 aliphatic rings. The topological polar surface area (TPSA) is 96.5 Å². The van der Waals surface area contributed by atoms with Crippen LogP contribution in [-0.2, 0) is 14.3 Å². The van der Waals surface area contributed by atoms with Crippen molar-refractivity contribution in [3.63, 3.8) is 0 Å². The lowest BCUT2D eigenvalue weighted by Gasteiger charge is -2.37. The Balaban J connectivity index is 4.17. The summed E-state index contributed by atoms with van der Waals surface area (Å²) in [5.41, 5.74) is -0.106. The van der Waals surface area contributed by atoms with Crippen molar-refractivity contribution >= 4 is 17.9 Å². The third kappa shape index (κ3) is 10.0. The quantitative estimate of drug-likeness (QED) is 0.307. The second-order valence-corrected chi connectivity index (χ2v) is 8.66. The molecule has 0 saturated heterocycles. The van der Waals surface area contributed by atoms with Crippen LogP contribution in [0.15, 0.2) is 12.2 Å². The van der Waals surface area contributed by atoms with Gasteiger partial charge in [0, 0.05) is 24.1 Å². The maximum atomic E-state index is 12.7. The molecule has 0 saturated carbocycles. The highest BCUT2D eigenvalue weighted by atomic mass is 16.5. The number of esters is 1. The molecule has 1 atom stereocenters. The minimum atomic E-state index is -0.483. The van der Waals surface area contributed by atoms with E-state index in [1.165, 1.54) is 0 Å². The van der Waals surface area contributed by atoms with Crippen molar-refractivity contribution in [1.82, 2.24) is 16.0 Å². The van der Waals surface area contributed by atoms with E-state index in [1.54, 1.807) is 6.92 Å². The SMILES string of the molecule is C=C(C)C(=O)OCCNC(=O)NCCNC(=O)C(C)(CC(C)(C)C)C(C)C. The molecule has 0 heterocycles. The summed E-state index contributed by atoms with van der Waals surface area (Å²) in [6.07, 6.45) is 0.778. The first-order valence-corrected chi connectivity index (χ1v) is 9.42. The van der Waals surface area contributed by atoms with E-state index >= 15 is 0 Å². The number of hydrogen-bond acceptors (Lipinski definition) is 4. The predicted molar refractivity (Wildman–Crippen MR) is 107 cm³/mol. The first-order valence-electron chi connectivity index (χ1n) is 9.42. The average Bonchev–Trinajstić information content (AvgIpc) is 2.53. The smallest absolute Gasteiger partial charge is 0.333 e. The maximum absolute atomic E-state index is 12.7. The van der Waals surface area contributed by atoms with Crippen LogP contribution < -0.4 is 16.0 Å². The molecule has 0 radical (unpaired) electrons. The Labute approximate surface area is 163 Å². The van der Waals surface area contributed by atoms with Gasteiger partial charge in [0.05, 0.1) is 6.54 Å². The zero-order valence-electron chi connectivity index (χ0n) is 18.0. The summed E-state index contributed by atoms with van der Waals surface area (Å²) in [6, 6.07) is -0.378. The van der Waals surface area contributed by atoms with E-state index in [1.807, 2.05) is 6.92 Å². The minimum Gasteiger partial charge on any atom is -0.460 e. The lowest BCUT2D eigenvalue weighted by Crippen LogP contribution is -2.47. The van der Waals surface area contributed by atoms with Crippen molar-refractivity contribution in [3.8, 4) is 0 Å². The fourth-order valence-electron chi connectivity index (χ4n) is 2.70. The van der Waals surface area contributed by atoms with E-state index in [0.29, 0.717) is 18.7 Å². The van der Waals surface area contributed by atoms with E-state index < -0.39 is 11.4 Å². The molecule has 0 bridgehead atoms. The Morgan fingerprint density at radius 1 is 0.963 bits per heavy atom. The molecule has 0 rings (SSSR count). The molecule has 1 unspecified atom stereocenters. The van der Waals surface area contributed by atoms with Gasteiger partial charge in [-0.25, -0.2) is 9.59 Å². The van der Waals surface area contributed by atoms with Crippen LogP contribution in [0.5, 0.6) is 0 Å². The van der Waals surface area contributed by atoms with Crippen LogP contribution in [-0.4, -0.2) is 44.1 Å². The van der Waals surface area contributed by atoms with Crippen molar-refractivity contribution in [2.45, 2.75) is 54.9 Å². The molecular formula is C20H37N3O4. The fourth-order valence-corrected chi connectivity index (χ4v) is 2.70. The summed E-state index contributed by atoms with van der Waals surface area (Å²) in [5, 5.41) is 8.15. The van der Waals surface area contributed by atoms with Gasteiger partial charge in [0.15, 0.2) is 0 Å². The molecule has 0 aromatic rings. The van der Waals surface area contributed by atoms with Crippen LogP contribution in [0.3, 0.4) is 0 Å². The van der Waals surface area contributed by atoms with Crippen LogP contribution in [0.2, 0.25) is 0 Å². The van der Waals surface area contributed by atoms with Crippen molar-refractivity contribution in [1.29, 1.82) is 0 Å². The molecule has 3 N–H and O–H groups in total. The number of carbonyl (C=O) groups is 3. The molecule has 3 amide bonds. The Bertz CT molecular complexity index is 538. The van der Waals surface area contributed by atoms with Crippen molar-refractivity contribution in [2.75, 3.05) is 26.2 Å². The largest absolute Gasteiger partial charge is 0.460 e. The maximum Gasteiger partial charge on any atom is 0.333 e. The molecule has 7 heteroatoms. The highest BCUT2D eigenvalue weighted by molar-refractivity contribution is 5.87. The molecule has 0 spiro atoms. The van der Waals surface area contributed by atoms with Gasteiger partial charge >= 0.3 is 12.0 Å². The van der Waals surface area contributed by atoms with E-state index in [9.17, 15) is 14.4 Å². The second-order valence-electron chi connectivity index (χ2n) is 8.66. The van der Waals surface area contributed by atoms with Crippen molar-refractivity contribution < 1.29 is 19.1 Å². The minimum absolute atomic E-state index is 0.00124. The Kier molecular flexibility index (Phi) is 10.1. The van der Waals surface area contributed by atoms with Gasteiger partial charge in [0.25, 0.3) is 0 Å². The van der Waals surface area contributed by atoms with Crippen LogP contribution in [0.4, 0.5) is 4.79 Å². The molecule has 7 nitrogen and oxygen atoms in total. The van der Waals surface area contributed by atoms with Gasteiger partial charge in [0.1, 0.15) is 6.61 Å². The third-order valence-corrected chi connectivity index (χ3v) is 4.36. The van der Waals surface area contributed by atoms with E-state index in [0.717, 1.165) is 6.42 Å². The number of rotatable bonds is 10. The number of ether oxygens (including phenoxy) is 1. The van der Waals surface area contributed by atoms with Gasteiger partial charge in [-0.1, -0.05) is 48.1 Å². The van der Waals surface area contributed by atoms with Gasteiger partial charge in [-0.3, -0.25) is 4.79 Å². The number of amides is 3. The molecule has 0 fully saturated rings. The standard InChI is InChI=1S/C20H37N3O4/c1-14(2)16(24)27-12-11-23-18(26)22-10-9-21-17(25)20(8,15(3)4)13-19(5,6)7/h15H,1,9-13H2,2-8H3,(H,21,25)(H2,22,23,26). The molecule has 0 aliphatic heterocycles. The van der Waals surface area contributed by atoms with E-state index in [2.05, 4.69) is 57.1 Å². The molecule has 156 valence electrons.